The average molecular weight is 432 g/mol. The van der Waals surface area contributed by atoms with E-state index in [0.29, 0.717) is 24.1 Å². The Hall–Kier alpha value is -1.05. The van der Waals surface area contributed by atoms with Crippen LogP contribution in [0.2, 0.25) is 0 Å². The molecule has 0 saturated carbocycles. The van der Waals surface area contributed by atoms with Crippen LogP contribution in [0.25, 0.3) is 0 Å². The van der Waals surface area contributed by atoms with E-state index in [1.807, 2.05) is 35.4 Å². The summed E-state index contributed by atoms with van der Waals surface area (Å²) in [4.78, 5) is 17.5. The predicted octanol–water partition coefficient (Wildman–Crippen LogP) is 2.86. The number of aromatic nitrogens is 1. The summed E-state index contributed by atoms with van der Waals surface area (Å²) in [5, 5.41) is 0. The molecule has 1 fully saturated rings. The first-order chi connectivity index (χ1) is 10.2. The molecule has 0 spiro atoms. The van der Waals surface area contributed by atoms with Gasteiger partial charge in [0.1, 0.15) is 5.69 Å². The number of nitrogens with one attached hydrogen (secondary N) is 1. The molecule has 0 aliphatic carbocycles. The Morgan fingerprint density at radius 1 is 1.32 bits per heavy atom. The molecule has 0 radical (unpaired) electrons. The van der Waals surface area contributed by atoms with Gasteiger partial charge in [-0.1, -0.05) is 30.3 Å². The van der Waals surface area contributed by atoms with Crippen LogP contribution in [0, 0.1) is 9.49 Å². The van der Waals surface area contributed by atoms with Gasteiger partial charge in [0, 0.05) is 28.8 Å². The molecule has 3 N–H and O–H groups in total. The summed E-state index contributed by atoms with van der Waals surface area (Å²) >= 11 is 2.20. The molecular weight excluding hydrogens is 413 g/mol. The number of halogens is 2. The molecule has 3 rings (SSSR count). The lowest BCUT2D eigenvalue weighted by molar-refractivity contribution is 0.0781. The Morgan fingerprint density at radius 2 is 2.05 bits per heavy atom. The maximum absolute atomic E-state index is 12.5. The predicted molar refractivity (Wildman–Crippen MR) is 98.4 cm³/mol. The van der Waals surface area contributed by atoms with Crippen molar-refractivity contribution >= 4 is 40.9 Å². The zero-order valence-electron chi connectivity index (χ0n) is 12.0. The summed E-state index contributed by atoms with van der Waals surface area (Å²) in [5.74, 6) is 0.717. The van der Waals surface area contributed by atoms with Gasteiger partial charge in [-0.25, -0.2) is 0 Å². The van der Waals surface area contributed by atoms with E-state index in [2.05, 4.69) is 39.7 Å². The maximum atomic E-state index is 12.5. The molecule has 0 unspecified atom stereocenters. The van der Waals surface area contributed by atoms with Crippen molar-refractivity contribution in [3.8, 4) is 0 Å². The van der Waals surface area contributed by atoms with Crippen LogP contribution in [0.1, 0.15) is 22.0 Å². The molecular formula is C16H19ClIN3O. The standard InChI is InChI=1S/C16H18IN3O.ClH/c17-13-6-15(19-8-13)16(21)20-9-12(7-18)14(10-20)11-4-2-1-3-5-11;/h1-6,8,12,14,19H,7,9-10,18H2;1H/t12-,14+;/m1./s1. The first kappa shape index (κ1) is 17.3. The van der Waals surface area contributed by atoms with Gasteiger partial charge in [0.25, 0.3) is 5.91 Å². The topological polar surface area (TPSA) is 62.1 Å². The number of nitrogens with zero attached hydrogens (tertiary/aromatic N) is 1. The molecule has 1 aliphatic rings. The first-order valence-corrected chi connectivity index (χ1v) is 8.15. The zero-order valence-corrected chi connectivity index (χ0v) is 15.0. The fourth-order valence-electron chi connectivity index (χ4n) is 3.02. The van der Waals surface area contributed by atoms with Crippen molar-refractivity contribution in [2.75, 3.05) is 19.6 Å². The van der Waals surface area contributed by atoms with Crippen molar-refractivity contribution in [2.24, 2.45) is 11.7 Å². The molecule has 1 aromatic carbocycles. The van der Waals surface area contributed by atoms with E-state index in [9.17, 15) is 4.79 Å². The van der Waals surface area contributed by atoms with E-state index in [1.165, 1.54) is 5.56 Å². The second-order valence-corrected chi connectivity index (χ2v) is 6.70. The summed E-state index contributed by atoms with van der Waals surface area (Å²) in [5.41, 5.74) is 7.84. The van der Waals surface area contributed by atoms with Crippen LogP contribution in [-0.2, 0) is 0 Å². The molecule has 118 valence electrons. The fourth-order valence-corrected chi connectivity index (χ4v) is 3.48. The van der Waals surface area contributed by atoms with Gasteiger partial charge in [-0.2, -0.15) is 0 Å². The highest BCUT2D eigenvalue weighted by atomic mass is 127. The molecule has 6 heteroatoms. The number of hydrogen-bond acceptors (Lipinski definition) is 2. The highest BCUT2D eigenvalue weighted by Crippen LogP contribution is 2.32. The van der Waals surface area contributed by atoms with E-state index in [1.54, 1.807) is 0 Å². The van der Waals surface area contributed by atoms with Gasteiger partial charge in [0.05, 0.1) is 0 Å². The Morgan fingerprint density at radius 3 is 2.64 bits per heavy atom. The Balaban J connectivity index is 0.00000176. The average Bonchev–Trinajstić information content (AvgIpc) is 3.13. The molecule has 1 saturated heterocycles. The van der Waals surface area contributed by atoms with E-state index >= 15 is 0 Å². The van der Waals surface area contributed by atoms with Gasteiger partial charge in [0.15, 0.2) is 0 Å². The third-order valence-corrected chi connectivity index (χ3v) is 4.76. The highest BCUT2D eigenvalue weighted by Gasteiger charge is 2.35. The summed E-state index contributed by atoms with van der Waals surface area (Å²) in [7, 11) is 0. The van der Waals surface area contributed by atoms with Gasteiger partial charge >= 0.3 is 0 Å². The van der Waals surface area contributed by atoms with Crippen LogP contribution in [0.15, 0.2) is 42.6 Å². The number of hydrogen-bond donors (Lipinski definition) is 2. The number of nitrogens with two attached hydrogens (primary N) is 1. The number of carbonyl (C=O) groups excluding carboxylic acids is 1. The number of rotatable bonds is 3. The lowest BCUT2D eigenvalue weighted by Gasteiger charge is -2.16. The Kier molecular flexibility index (Phi) is 5.88. The minimum absolute atomic E-state index is 0. The van der Waals surface area contributed by atoms with Crippen LogP contribution in [0.5, 0.6) is 0 Å². The summed E-state index contributed by atoms with van der Waals surface area (Å²) in [6, 6.07) is 12.2. The zero-order chi connectivity index (χ0) is 14.8. The largest absolute Gasteiger partial charge is 0.356 e. The number of carbonyl (C=O) groups is 1. The third-order valence-electron chi connectivity index (χ3n) is 4.14. The second kappa shape index (κ2) is 7.48. The van der Waals surface area contributed by atoms with Crippen molar-refractivity contribution in [1.82, 2.24) is 9.88 Å². The molecule has 1 aliphatic heterocycles. The van der Waals surface area contributed by atoms with Gasteiger partial charge in [-0.15, -0.1) is 12.4 Å². The SMILES string of the molecule is Cl.NC[C@@H]1CN(C(=O)c2cc(I)c[nH]2)C[C@H]1c1ccccc1. The smallest absolute Gasteiger partial charge is 0.270 e. The number of H-pyrrole nitrogens is 1. The van der Waals surface area contributed by atoms with E-state index < -0.39 is 0 Å². The monoisotopic (exact) mass is 431 g/mol. The van der Waals surface area contributed by atoms with Crippen molar-refractivity contribution in [2.45, 2.75) is 5.92 Å². The van der Waals surface area contributed by atoms with E-state index in [4.69, 9.17) is 5.73 Å². The molecule has 22 heavy (non-hydrogen) atoms. The molecule has 2 atom stereocenters. The number of likely N-dealkylation sites (tertiary alicyclic amines) is 1. The summed E-state index contributed by atoms with van der Waals surface area (Å²) in [6.45, 7) is 2.07. The fraction of sp³-hybridized carbons (Fsp3) is 0.312. The molecule has 1 aromatic heterocycles. The van der Waals surface area contributed by atoms with Crippen LogP contribution in [0.3, 0.4) is 0 Å². The number of benzene rings is 1. The van der Waals surface area contributed by atoms with Crippen LogP contribution >= 0.6 is 35.0 Å². The van der Waals surface area contributed by atoms with Crippen LogP contribution in [-0.4, -0.2) is 35.4 Å². The maximum Gasteiger partial charge on any atom is 0.270 e. The van der Waals surface area contributed by atoms with Crippen molar-refractivity contribution in [3.05, 3.63) is 57.4 Å². The number of aromatic amines is 1. The Labute approximate surface area is 150 Å². The quantitative estimate of drug-likeness (QED) is 0.734. The molecule has 2 aromatic rings. The normalized spacial score (nSPS) is 20.7. The van der Waals surface area contributed by atoms with E-state index in [0.717, 1.165) is 16.7 Å². The van der Waals surface area contributed by atoms with Crippen LogP contribution in [0.4, 0.5) is 0 Å². The molecule has 0 bridgehead atoms. The van der Waals surface area contributed by atoms with E-state index in [-0.39, 0.29) is 18.3 Å². The molecule has 4 nitrogen and oxygen atoms in total. The summed E-state index contributed by atoms with van der Waals surface area (Å²) in [6.07, 6.45) is 1.85. The molecule has 1 amide bonds. The lowest BCUT2D eigenvalue weighted by atomic mass is 9.89. The highest BCUT2D eigenvalue weighted by molar-refractivity contribution is 14.1. The number of amides is 1. The first-order valence-electron chi connectivity index (χ1n) is 7.07. The third kappa shape index (κ3) is 3.47. The second-order valence-electron chi connectivity index (χ2n) is 5.45. The minimum Gasteiger partial charge on any atom is -0.356 e. The lowest BCUT2D eigenvalue weighted by Crippen LogP contribution is -2.30. The van der Waals surface area contributed by atoms with Gasteiger partial charge in [0.2, 0.25) is 0 Å². The van der Waals surface area contributed by atoms with Crippen molar-refractivity contribution in [1.29, 1.82) is 0 Å². The van der Waals surface area contributed by atoms with Gasteiger partial charge in [-0.3, -0.25) is 4.79 Å². The van der Waals surface area contributed by atoms with Crippen molar-refractivity contribution in [3.63, 3.8) is 0 Å². The van der Waals surface area contributed by atoms with Crippen molar-refractivity contribution < 1.29 is 4.79 Å². The molecule has 2 heterocycles. The summed E-state index contributed by atoms with van der Waals surface area (Å²) < 4.78 is 1.05. The minimum atomic E-state index is 0. The van der Waals surface area contributed by atoms with Crippen LogP contribution < -0.4 is 5.73 Å². The van der Waals surface area contributed by atoms with Gasteiger partial charge < -0.3 is 15.6 Å². The Bertz CT molecular complexity index is 631. The van der Waals surface area contributed by atoms with Gasteiger partial charge in [-0.05, 0) is 46.7 Å².